The van der Waals surface area contributed by atoms with Crippen molar-refractivity contribution in [1.29, 1.82) is 5.26 Å². The van der Waals surface area contributed by atoms with Crippen molar-refractivity contribution in [2.24, 2.45) is 0 Å². The fourth-order valence-electron chi connectivity index (χ4n) is 1.67. The maximum atomic E-state index is 12.9. The predicted molar refractivity (Wildman–Crippen MR) is 67.2 cm³/mol. The van der Waals surface area contributed by atoms with Crippen LogP contribution < -0.4 is 0 Å². The van der Waals surface area contributed by atoms with E-state index in [-0.39, 0.29) is 11.6 Å². The van der Waals surface area contributed by atoms with Crippen LogP contribution in [0.25, 0.3) is 5.57 Å². The maximum Gasteiger partial charge on any atom is 0.123 e. The molecule has 2 aromatic carbocycles. The largest absolute Gasteiger partial charge is 0.508 e. The summed E-state index contributed by atoms with van der Waals surface area (Å²) in [5.41, 5.74) is 2.24. The van der Waals surface area contributed by atoms with Gasteiger partial charge in [0.1, 0.15) is 11.6 Å². The lowest BCUT2D eigenvalue weighted by Crippen LogP contribution is -1.88. The first-order valence-electron chi connectivity index (χ1n) is 5.36. The Bertz CT molecular complexity index is 559. The molecule has 0 bridgehead atoms. The molecule has 0 saturated heterocycles. The average molecular weight is 239 g/mol. The number of phenolic OH excluding ortho intramolecular Hbond substituents is 1. The lowest BCUT2D eigenvalue weighted by Gasteiger charge is -2.07. The molecule has 3 heteroatoms. The third-order valence-electron chi connectivity index (χ3n) is 2.54. The Morgan fingerprint density at radius 1 is 1.00 bits per heavy atom. The lowest BCUT2D eigenvalue weighted by atomic mass is 9.98. The molecular formula is C15H10FNO. The Balaban J connectivity index is 2.47. The van der Waals surface area contributed by atoms with Crippen molar-refractivity contribution in [3.63, 3.8) is 0 Å². The maximum absolute atomic E-state index is 12.9. The Hall–Kier alpha value is -2.60. The second-order valence-electron chi connectivity index (χ2n) is 3.74. The molecule has 0 radical (unpaired) electrons. The summed E-state index contributed by atoms with van der Waals surface area (Å²) < 4.78 is 12.9. The molecule has 2 rings (SSSR count). The third kappa shape index (κ3) is 2.55. The SMILES string of the molecule is N#CC=C(c1ccc(O)cc1)c1ccc(F)cc1. The number of phenols is 1. The van der Waals surface area contributed by atoms with Crippen LogP contribution in [0.5, 0.6) is 5.75 Å². The van der Waals surface area contributed by atoms with Crippen LogP contribution in [-0.4, -0.2) is 5.11 Å². The van der Waals surface area contributed by atoms with E-state index in [0.717, 1.165) is 11.1 Å². The predicted octanol–water partition coefficient (Wildman–Crippen LogP) is 3.49. The Kier molecular flexibility index (Phi) is 3.40. The number of nitrogens with zero attached hydrogens (tertiary/aromatic N) is 1. The van der Waals surface area contributed by atoms with E-state index in [9.17, 15) is 9.50 Å². The van der Waals surface area contributed by atoms with Gasteiger partial charge in [0.25, 0.3) is 0 Å². The molecule has 0 aromatic heterocycles. The number of hydrogen-bond donors (Lipinski definition) is 1. The van der Waals surface area contributed by atoms with Gasteiger partial charge < -0.3 is 5.11 Å². The van der Waals surface area contributed by atoms with Crippen molar-refractivity contribution in [3.05, 3.63) is 71.6 Å². The summed E-state index contributed by atoms with van der Waals surface area (Å²) in [4.78, 5) is 0. The normalized spacial score (nSPS) is 11.0. The van der Waals surface area contributed by atoms with Crippen LogP contribution in [0.2, 0.25) is 0 Å². The Morgan fingerprint density at radius 2 is 1.50 bits per heavy atom. The van der Waals surface area contributed by atoms with Gasteiger partial charge in [-0.05, 0) is 41.0 Å². The molecule has 0 spiro atoms. The fraction of sp³-hybridized carbons (Fsp3) is 0. The first-order chi connectivity index (χ1) is 8.70. The van der Waals surface area contributed by atoms with Gasteiger partial charge in [-0.25, -0.2) is 4.39 Å². The highest BCUT2D eigenvalue weighted by Gasteiger charge is 2.05. The molecular weight excluding hydrogens is 229 g/mol. The van der Waals surface area contributed by atoms with Gasteiger partial charge in [-0.15, -0.1) is 0 Å². The van der Waals surface area contributed by atoms with Gasteiger partial charge in [-0.1, -0.05) is 24.3 Å². The smallest absolute Gasteiger partial charge is 0.123 e. The minimum Gasteiger partial charge on any atom is -0.508 e. The third-order valence-corrected chi connectivity index (χ3v) is 2.54. The Morgan fingerprint density at radius 3 is 2.00 bits per heavy atom. The number of aromatic hydroxyl groups is 1. The summed E-state index contributed by atoms with van der Waals surface area (Å²) in [6.45, 7) is 0. The topological polar surface area (TPSA) is 44.0 Å². The standard InChI is InChI=1S/C15H10FNO/c16-13-5-1-11(2-6-13)15(9-10-17)12-3-7-14(18)8-4-12/h1-9,18H. The van der Waals surface area contributed by atoms with Crippen LogP contribution in [0.15, 0.2) is 54.6 Å². The van der Waals surface area contributed by atoms with Crippen molar-refractivity contribution in [3.8, 4) is 11.8 Å². The van der Waals surface area contributed by atoms with Gasteiger partial charge in [-0.3, -0.25) is 0 Å². The summed E-state index contributed by atoms with van der Waals surface area (Å²) in [7, 11) is 0. The molecule has 1 N–H and O–H groups in total. The number of hydrogen-bond acceptors (Lipinski definition) is 2. The number of halogens is 1. The first-order valence-corrected chi connectivity index (χ1v) is 5.36. The summed E-state index contributed by atoms with van der Waals surface area (Å²) in [6, 6.07) is 14.4. The average Bonchev–Trinajstić information content (AvgIpc) is 2.39. The summed E-state index contributed by atoms with van der Waals surface area (Å²) in [5.74, 6) is -0.157. The second-order valence-corrected chi connectivity index (χ2v) is 3.74. The number of benzene rings is 2. The summed E-state index contributed by atoms with van der Waals surface area (Å²) in [6.07, 6.45) is 1.40. The van der Waals surface area contributed by atoms with Crippen molar-refractivity contribution in [2.75, 3.05) is 0 Å². The molecule has 0 atom stereocenters. The van der Waals surface area contributed by atoms with Gasteiger partial charge in [-0.2, -0.15) is 5.26 Å². The zero-order valence-corrected chi connectivity index (χ0v) is 9.47. The van der Waals surface area contributed by atoms with E-state index < -0.39 is 0 Å². The molecule has 0 fully saturated rings. The quantitative estimate of drug-likeness (QED) is 0.815. The second kappa shape index (κ2) is 5.15. The molecule has 0 amide bonds. The minimum atomic E-state index is -0.319. The highest BCUT2D eigenvalue weighted by Crippen LogP contribution is 2.24. The highest BCUT2D eigenvalue weighted by molar-refractivity contribution is 5.81. The lowest BCUT2D eigenvalue weighted by molar-refractivity contribution is 0.475. The molecule has 88 valence electrons. The van der Waals surface area contributed by atoms with Gasteiger partial charge >= 0.3 is 0 Å². The van der Waals surface area contributed by atoms with E-state index in [4.69, 9.17) is 5.26 Å². The molecule has 18 heavy (non-hydrogen) atoms. The summed E-state index contributed by atoms with van der Waals surface area (Å²) in [5, 5.41) is 18.1. The zero-order chi connectivity index (χ0) is 13.0. The van der Waals surface area contributed by atoms with Crippen molar-refractivity contribution < 1.29 is 9.50 Å². The van der Waals surface area contributed by atoms with Crippen LogP contribution >= 0.6 is 0 Å². The molecule has 2 nitrogen and oxygen atoms in total. The van der Waals surface area contributed by atoms with Crippen LogP contribution in [0.1, 0.15) is 11.1 Å². The van der Waals surface area contributed by atoms with Gasteiger partial charge in [0.05, 0.1) is 6.07 Å². The number of nitriles is 1. The van der Waals surface area contributed by atoms with Crippen LogP contribution in [0.4, 0.5) is 4.39 Å². The van der Waals surface area contributed by atoms with E-state index in [1.165, 1.54) is 18.2 Å². The molecule has 0 aliphatic carbocycles. The molecule has 0 aliphatic heterocycles. The van der Waals surface area contributed by atoms with E-state index >= 15 is 0 Å². The van der Waals surface area contributed by atoms with Crippen molar-refractivity contribution in [2.45, 2.75) is 0 Å². The van der Waals surface area contributed by atoms with Crippen LogP contribution in [-0.2, 0) is 0 Å². The molecule has 0 unspecified atom stereocenters. The van der Waals surface area contributed by atoms with Crippen LogP contribution in [0, 0.1) is 17.1 Å². The molecule has 0 aliphatic rings. The number of allylic oxidation sites excluding steroid dienone is 1. The van der Waals surface area contributed by atoms with Crippen molar-refractivity contribution >= 4 is 5.57 Å². The summed E-state index contributed by atoms with van der Waals surface area (Å²) >= 11 is 0. The van der Waals surface area contributed by atoms with E-state index in [1.807, 2.05) is 6.07 Å². The van der Waals surface area contributed by atoms with Crippen LogP contribution in [0.3, 0.4) is 0 Å². The van der Waals surface area contributed by atoms with Gasteiger partial charge in [0.15, 0.2) is 0 Å². The molecule has 0 saturated carbocycles. The Labute approximate surface area is 104 Å². The van der Waals surface area contributed by atoms with E-state index in [0.29, 0.717) is 5.57 Å². The van der Waals surface area contributed by atoms with Gasteiger partial charge in [0, 0.05) is 6.08 Å². The van der Waals surface area contributed by atoms with E-state index in [2.05, 4.69) is 0 Å². The van der Waals surface area contributed by atoms with E-state index in [1.54, 1.807) is 36.4 Å². The van der Waals surface area contributed by atoms with Crippen molar-refractivity contribution in [1.82, 2.24) is 0 Å². The van der Waals surface area contributed by atoms with Gasteiger partial charge in [0.2, 0.25) is 0 Å². The molecule has 2 aromatic rings. The fourth-order valence-corrected chi connectivity index (χ4v) is 1.67. The monoisotopic (exact) mass is 239 g/mol. The zero-order valence-electron chi connectivity index (χ0n) is 9.47. The minimum absolute atomic E-state index is 0.161. The molecule has 0 heterocycles. The highest BCUT2D eigenvalue weighted by atomic mass is 19.1. The first kappa shape index (κ1) is 11.9. The number of rotatable bonds is 2.